The van der Waals surface area contributed by atoms with Crippen molar-refractivity contribution in [2.75, 3.05) is 13.7 Å². The van der Waals surface area contributed by atoms with Gasteiger partial charge >= 0.3 is 5.97 Å². The van der Waals surface area contributed by atoms with Gasteiger partial charge in [0, 0.05) is 18.8 Å². The normalized spacial score (nSPS) is 15.3. The Kier molecular flexibility index (Phi) is 3.01. The fourth-order valence-corrected chi connectivity index (χ4v) is 1.52. The van der Waals surface area contributed by atoms with Crippen LogP contribution in [-0.4, -0.2) is 29.2 Å². The SMILES string of the molecule is COC(=O)CNCc1cncn1C1CC1. The van der Waals surface area contributed by atoms with Crippen molar-refractivity contribution in [2.45, 2.75) is 25.4 Å². The summed E-state index contributed by atoms with van der Waals surface area (Å²) in [5.41, 5.74) is 1.13. The van der Waals surface area contributed by atoms with Gasteiger partial charge < -0.3 is 14.6 Å². The maximum absolute atomic E-state index is 10.9. The summed E-state index contributed by atoms with van der Waals surface area (Å²) in [7, 11) is 1.39. The van der Waals surface area contributed by atoms with E-state index >= 15 is 0 Å². The molecule has 0 bridgehead atoms. The lowest BCUT2D eigenvalue weighted by molar-refractivity contribution is -0.139. The van der Waals surface area contributed by atoms with Gasteiger partial charge in [0.2, 0.25) is 0 Å². The Morgan fingerprint density at radius 2 is 2.53 bits per heavy atom. The number of rotatable bonds is 5. The molecule has 1 aromatic rings. The van der Waals surface area contributed by atoms with Gasteiger partial charge in [-0.1, -0.05) is 0 Å². The first-order valence-corrected chi connectivity index (χ1v) is 5.09. The number of nitrogens with zero attached hydrogens (tertiary/aromatic N) is 2. The number of hydrogen-bond donors (Lipinski definition) is 1. The molecule has 5 heteroatoms. The highest BCUT2D eigenvalue weighted by Crippen LogP contribution is 2.35. The minimum absolute atomic E-state index is 0.242. The summed E-state index contributed by atoms with van der Waals surface area (Å²) in [6.07, 6.45) is 6.16. The van der Waals surface area contributed by atoms with Gasteiger partial charge in [-0.3, -0.25) is 4.79 Å². The fraction of sp³-hybridized carbons (Fsp3) is 0.600. The molecule has 0 radical (unpaired) electrons. The standard InChI is InChI=1S/C10H15N3O2/c1-15-10(14)6-11-4-9-5-12-7-13(9)8-2-3-8/h5,7-8,11H,2-4,6H2,1H3. The minimum Gasteiger partial charge on any atom is -0.468 e. The summed E-state index contributed by atoms with van der Waals surface area (Å²) in [5.74, 6) is -0.243. The maximum Gasteiger partial charge on any atom is 0.319 e. The van der Waals surface area contributed by atoms with E-state index in [1.807, 2.05) is 12.5 Å². The number of aromatic nitrogens is 2. The first kappa shape index (κ1) is 10.2. The van der Waals surface area contributed by atoms with Crippen molar-refractivity contribution in [3.05, 3.63) is 18.2 Å². The Balaban J connectivity index is 1.82. The molecule has 0 aliphatic heterocycles. The van der Waals surface area contributed by atoms with E-state index < -0.39 is 0 Å². The number of ether oxygens (including phenoxy) is 1. The summed E-state index contributed by atoms with van der Waals surface area (Å²) in [4.78, 5) is 15.0. The zero-order chi connectivity index (χ0) is 10.7. The third kappa shape index (κ3) is 2.56. The summed E-state index contributed by atoms with van der Waals surface area (Å²) in [6, 6.07) is 0.627. The lowest BCUT2D eigenvalue weighted by Crippen LogP contribution is -2.24. The molecule has 1 fully saturated rings. The van der Waals surface area contributed by atoms with E-state index in [4.69, 9.17) is 0 Å². The molecule has 1 aliphatic rings. The molecule has 1 heterocycles. The van der Waals surface area contributed by atoms with Crippen LogP contribution in [0.3, 0.4) is 0 Å². The Morgan fingerprint density at radius 1 is 1.73 bits per heavy atom. The predicted molar refractivity (Wildman–Crippen MR) is 54.2 cm³/mol. The highest BCUT2D eigenvalue weighted by Gasteiger charge is 2.24. The monoisotopic (exact) mass is 209 g/mol. The van der Waals surface area contributed by atoms with Crippen molar-refractivity contribution in [1.29, 1.82) is 0 Å². The van der Waals surface area contributed by atoms with Gasteiger partial charge in [-0.2, -0.15) is 0 Å². The van der Waals surface area contributed by atoms with Gasteiger partial charge in [0.05, 0.1) is 25.7 Å². The van der Waals surface area contributed by atoms with E-state index in [-0.39, 0.29) is 12.5 Å². The van der Waals surface area contributed by atoms with Gasteiger partial charge in [0.1, 0.15) is 0 Å². The van der Waals surface area contributed by atoms with Crippen LogP contribution in [-0.2, 0) is 16.1 Å². The van der Waals surface area contributed by atoms with Crippen LogP contribution in [0.1, 0.15) is 24.6 Å². The summed E-state index contributed by atoms with van der Waals surface area (Å²) >= 11 is 0. The number of hydrogen-bond acceptors (Lipinski definition) is 4. The van der Waals surface area contributed by atoms with Gasteiger partial charge in [-0.25, -0.2) is 4.98 Å². The minimum atomic E-state index is -0.243. The average Bonchev–Trinajstić information content (AvgIpc) is 2.99. The summed E-state index contributed by atoms with van der Waals surface area (Å²) in [6.45, 7) is 0.901. The third-order valence-corrected chi connectivity index (χ3v) is 2.49. The first-order chi connectivity index (χ1) is 7.31. The molecule has 0 saturated heterocycles. The van der Waals surface area contributed by atoms with Crippen LogP contribution in [0.5, 0.6) is 0 Å². The largest absolute Gasteiger partial charge is 0.468 e. The Labute approximate surface area is 88.4 Å². The zero-order valence-corrected chi connectivity index (χ0v) is 8.77. The number of esters is 1. The molecule has 1 aromatic heterocycles. The average molecular weight is 209 g/mol. The molecule has 1 N–H and O–H groups in total. The molecule has 0 atom stereocenters. The molecule has 0 spiro atoms. The van der Waals surface area contributed by atoms with Crippen LogP contribution < -0.4 is 5.32 Å². The van der Waals surface area contributed by atoms with Crippen molar-refractivity contribution in [1.82, 2.24) is 14.9 Å². The van der Waals surface area contributed by atoms with E-state index in [9.17, 15) is 4.79 Å². The van der Waals surface area contributed by atoms with E-state index in [2.05, 4.69) is 19.6 Å². The number of methoxy groups -OCH3 is 1. The van der Waals surface area contributed by atoms with E-state index in [0.29, 0.717) is 12.6 Å². The molecule has 82 valence electrons. The van der Waals surface area contributed by atoms with Crippen LogP contribution in [0.15, 0.2) is 12.5 Å². The van der Waals surface area contributed by atoms with Gasteiger partial charge in [-0.15, -0.1) is 0 Å². The molecule has 0 aromatic carbocycles. The van der Waals surface area contributed by atoms with Crippen LogP contribution in [0, 0.1) is 0 Å². The second-order valence-electron chi connectivity index (χ2n) is 3.70. The quantitative estimate of drug-likeness (QED) is 0.717. The van der Waals surface area contributed by atoms with Crippen LogP contribution in [0.4, 0.5) is 0 Å². The zero-order valence-electron chi connectivity index (χ0n) is 8.77. The lowest BCUT2D eigenvalue weighted by atomic mass is 10.4. The van der Waals surface area contributed by atoms with Crippen molar-refractivity contribution in [3.63, 3.8) is 0 Å². The fourth-order valence-electron chi connectivity index (χ4n) is 1.52. The Morgan fingerprint density at radius 3 is 3.20 bits per heavy atom. The van der Waals surface area contributed by atoms with Crippen molar-refractivity contribution in [2.24, 2.45) is 0 Å². The molecular formula is C10H15N3O2. The Hall–Kier alpha value is -1.36. The smallest absolute Gasteiger partial charge is 0.319 e. The third-order valence-electron chi connectivity index (χ3n) is 2.49. The highest BCUT2D eigenvalue weighted by molar-refractivity contribution is 5.71. The van der Waals surface area contributed by atoms with E-state index in [0.717, 1.165) is 5.69 Å². The molecule has 15 heavy (non-hydrogen) atoms. The van der Waals surface area contributed by atoms with E-state index in [1.165, 1.54) is 20.0 Å². The highest BCUT2D eigenvalue weighted by atomic mass is 16.5. The molecule has 1 saturated carbocycles. The second-order valence-corrected chi connectivity index (χ2v) is 3.70. The first-order valence-electron chi connectivity index (χ1n) is 5.09. The molecule has 2 rings (SSSR count). The van der Waals surface area contributed by atoms with Crippen molar-refractivity contribution in [3.8, 4) is 0 Å². The predicted octanol–water partition coefficient (Wildman–Crippen LogP) is 0.481. The van der Waals surface area contributed by atoms with E-state index in [1.54, 1.807) is 0 Å². The maximum atomic E-state index is 10.9. The number of carbonyl (C=O) groups excluding carboxylic acids is 1. The lowest BCUT2D eigenvalue weighted by Gasteiger charge is -2.06. The van der Waals surface area contributed by atoms with Gasteiger partial charge in [0.15, 0.2) is 0 Å². The number of nitrogens with one attached hydrogen (secondary N) is 1. The second kappa shape index (κ2) is 4.44. The molecule has 0 amide bonds. The topological polar surface area (TPSA) is 56.1 Å². The van der Waals surface area contributed by atoms with Crippen molar-refractivity contribution >= 4 is 5.97 Å². The summed E-state index contributed by atoms with van der Waals surface area (Å²) < 4.78 is 6.71. The molecule has 0 unspecified atom stereocenters. The summed E-state index contributed by atoms with van der Waals surface area (Å²) in [5, 5.41) is 3.03. The molecule has 1 aliphatic carbocycles. The van der Waals surface area contributed by atoms with Gasteiger partial charge in [0.25, 0.3) is 0 Å². The molecule has 5 nitrogen and oxygen atoms in total. The van der Waals surface area contributed by atoms with Gasteiger partial charge in [-0.05, 0) is 12.8 Å². The van der Waals surface area contributed by atoms with Crippen molar-refractivity contribution < 1.29 is 9.53 Å². The number of imidazole rings is 1. The van der Waals surface area contributed by atoms with Crippen LogP contribution in [0.2, 0.25) is 0 Å². The van der Waals surface area contributed by atoms with Crippen LogP contribution in [0.25, 0.3) is 0 Å². The Bertz CT molecular complexity index is 344. The number of carbonyl (C=O) groups is 1. The molecular weight excluding hydrogens is 194 g/mol. The van der Waals surface area contributed by atoms with Crippen LogP contribution >= 0.6 is 0 Å².